The third kappa shape index (κ3) is 3.85. The summed E-state index contributed by atoms with van der Waals surface area (Å²) >= 11 is 6.29. The average Bonchev–Trinajstić information content (AvgIpc) is 2.86. The molecule has 1 heterocycles. The van der Waals surface area contributed by atoms with Gasteiger partial charge in [-0.3, -0.25) is 4.90 Å². The maximum Gasteiger partial charge on any atom is 0.120 e. The lowest BCUT2D eigenvalue weighted by molar-refractivity contribution is 0.210. The van der Waals surface area contributed by atoms with Gasteiger partial charge in [0.1, 0.15) is 5.75 Å². The highest BCUT2D eigenvalue weighted by molar-refractivity contribution is 6.31. The van der Waals surface area contributed by atoms with Crippen LogP contribution < -0.4 is 4.74 Å². The van der Waals surface area contributed by atoms with E-state index >= 15 is 0 Å². The normalized spacial score (nSPS) is 19.8. The fourth-order valence-electron chi connectivity index (χ4n) is 2.76. The van der Waals surface area contributed by atoms with Crippen molar-refractivity contribution >= 4 is 11.6 Å². The summed E-state index contributed by atoms with van der Waals surface area (Å²) in [5, 5.41) is 9.72. The molecule has 0 amide bonds. The van der Waals surface area contributed by atoms with Crippen molar-refractivity contribution in [2.24, 2.45) is 0 Å². The van der Waals surface area contributed by atoms with Crippen molar-refractivity contribution in [2.45, 2.75) is 38.3 Å². The molecule has 1 unspecified atom stereocenters. The zero-order valence-corrected chi connectivity index (χ0v) is 12.2. The van der Waals surface area contributed by atoms with E-state index in [1.54, 1.807) is 7.11 Å². The van der Waals surface area contributed by atoms with Crippen LogP contribution in [0.15, 0.2) is 18.2 Å². The maximum absolute atomic E-state index is 8.95. The molecular weight excluding hydrogens is 262 g/mol. The first-order valence-corrected chi connectivity index (χ1v) is 7.29. The fraction of sp³-hybridized carbons (Fsp3) is 0.600. The van der Waals surface area contributed by atoms with Crippen LogP contribution in [-0.4, -0.2) is 36.3 Å². The molecule has 0 saturated carbocycles. The maximum atomic E-state index is 8.95. The predicted octanol–water partition coefficient (Wildman–Crippen LogP) is 3.09. The Morgan fingerprint density at radius 3 is 3.00 bits per heavy atom. The Bertz CT molecular complexity index is 411. The number of likely N-dealkylation sites (tertiary alicyclic amines) is 1. The molecule has 0 radical (unpaired) electrons. The topological polar surface area (TPSA) is 32.7 Å². The van der Waals surface area contributed by atoms with Gasteiger partial charge in [-0.1, -0.05) is 17.7 Å². The highest BCUT2D eigenvalue weighted by Crippen LogP contribution is 2.28. The standard InChI is InChI=1S/C15H22ClNO2/c1-19-14-7-6-12(15(16)10-14)11-17-8-2-4-13(17)5-3-9-18/h6-7,10,13,18H,2-5,8-9,11H2,1H3. The molecule has 4 heteroatoms. The Labute approximate surface area is 120 Å². The van der Waals surface area contributed by atoms with E-state index in [1.807, 2.05) is 18.2 Å². The highest BCUT2D eigenvalue weighted by atomic mass is 35.5. The first-order chi connectivity index (χ1) is 9.24. The number of halogens is 1. The summed E-state index contributed by atoms with van der Waals surface area (Å²) in [4.78, 5) is 2.48. The monoisotopic (exact) mass is 283 g/mol. The lowest BCUT2D eigenvalue weighted by Crippen LogP contribution is -2.29. The quantitative estimate of drug-likeness (QED) is 0.871. The van der Waals surface area contributed by atoms with Crippen molar-refractivity contribution in [2.75, 3.05) is 20.3 Å². The summed E-state index contributed by atoms with van der Waals surface area (Å²) in [6, 6.07) is 6.46. The van der Waals surface area contributed by atoms with Crippen LogP contribution in [0, 0.1) is 0 Å². The Morgan fingerprint density at radius 2 is 2.32 bits per heavy atom. The van der Waals surface area contributed by atoms with E-state index in [1.165, 1.54) is 12.8 Å². The molecule has 0 bridgehead atoms. The number of rotatable bonds is 6. The highest BCUT2D eigenvalue weighted by Gasteiger charge is 2.24. The average molecular weight is 284 g/mol. The third-order valence-electron chi connectivity index (χ3n) is 3.83. The van der Waals surface area contributed by atoms with Crippen molar-refractivity contribution in [1.82, 2.24) is 4.90 Å². The molecule has 1 fully saturated rings. The Hall–Kier alpha value is -0.770. The number of aliphatic hydroxyl groups excluding tert-OH is 1. The Kier molecular flexibility index (Phi) is 5.49. The van der Waals surface area contributed by atoms with Gasteiger partial charge in [0.25, 0.3) is 0 Å². The summed E-state index contributed by atoms with van der Waals surface area (Å²) in [6.07, 6.45) is 4.43. The van der Waals surface area contributed by atoms with E-state index in [2.05, 4.69) is 4.90 Å². The lowest BCUT2D eigenvalue weighted by Gasteiger charge is -2.24. The van der Waals surface area contributed by atoms with Crippen molar-refractivity contribution in [3.8, 4) is 5.75 Å². The zero-order chi connectivity index (χ0) is 13.7. The second-order valence-corrected chi connectivity index (χ2v) is 5.50. The summed E-state index contributed by atoms with van der Waals surface area (Å²) < 4.78 is 5.17. The summed E-state index contributed by atoms with van der Waals surface area (Å²) in [6.45, 7) is 2.30. The van der Waals surface area contributed by atoms with Gasteiger partial charge in [0.05, 0.1) is 7.11 Å². The van der Waals surface area contributed by atoms with Gasteiger partial charge in [0.2, 0.25) is 0 Å². The number of hydrogen-bond donors (Lipinski definition) is 1. The van der Waals surface area contributed by atoms with E-state index < -0.39 is 0 Å². The molecule has 0 aliphatic carbocycles. The number of aliphatic hydroxyl groups is 1. The molecule has 1 N–H and O–H groups in total. The van der Waals surface area contributed by atoms with Gasteiger partial charge >= 0.3 is 0 Å². The molecule has 19 heavy (non-hydrogen) atoms. The summed E-state index contributed by atoms with van der Waals surface area (Å²) in [5.41, 5.74) is 1.15. The minimum atomic E-state index is 0.285. The molecule has 1 aromatic rings. The molecule has 3 nitrogen and oxygen atoms in total. The molecular formula is C15H22ClNO2. The van der Waals surface area contributed by atoms with Gasteiger partial charge in [-0.15, -0.1) is 0 Å². The lowest BCUT2D eigenvalue weighted by atomic mass is 10.1. The number of nitrogens with zero attached hydrogens (tertiary/aromatic N) is 1. The molecule has 1 saturated heterocycles. The molecule has 1 aromatic carbocycles. The van der Waals surface area contributed by atoms with Gasteiger partial charge < -0.3 is 9.84 Å². The molecule has 1 aliphatic rings. The smallest absolute Gasteiger partial charge is 0.120 e. The van der Waals surface area contributed by atoms with Crippen molar-refractivity contribution in [1.29, 1.82) is 0 Å². The van der Waals surface area contributed by atoms with Gasteiger partial charge in [-0.25, -0.2) is 0 Å². The van der Waals surface area contributed by atoms with Crippen molar-refractivity contribution in [3.05, 3.63) is 28.8 Å². The van der Waals surface area contributed by atoms with Crippen molar-refractivity contribution < 1.29 is 9.84 Å². The second kappa shape index (κ2) is 7.13. The van der Waals surface area contributed by atoms with Crippen LogP contribution in [0.5, 0.6) is 5.75 Å². The summed E-state index contributed by atoms with van der Waals surface area (Å²) in [5.74, 6) is 0.798. The molecule has 0 spiro atoms. The minimum Gasteiger partial charge on any atom is -0.497 e. The van der Waals surface area contributed by atoms with Gasteiger partial charge in [-0.2, -0.15) is 0 Å². The Balaban J connectivity index is 1.99. The predicted molar refractivity (Wildman–Crippen MR) is 77.8 cm³/mol. The number of hydrogen-bond acceptors (Lipinski definition) is 3. The van der Waals surface area contributed by atoms with Crippen LogP contribution in [0.4, 0.5) is 0 Å². The van der Waals surface area contributed by atoms with Crippen LogP contribution in [0.1, 0.15) is 31.2 Å². The van der Waals surface area contributed by atoms with Crippen LogP contribution in [0.3, 0.4) is 0 Å². The number of ether oxygens (including phenoxy) is 1. The van der Waals surface area contributed by atoms with Gasteiger partial charge in [-0.05, 0) is 49.9 Å². The van der Waals surface area contributed by atoms with Crippen LogP contribution in [0.2, 0.25) is 5.02 Å². The fourth-order valence-corrected chi connectivity index (χ4v) is 2.99. The van der Waals surface area contributed by atoms with Crippen LogP contribution >= 0.6 is 11.6 Å². The SMILES string of the molecule is COc1ccc(CN2CCCC2CCCO)c(Cl)c1. The van der Waals surface area contributed by atoms with E-state index in [9.17, 15) is 0 Å². The number of methoxy groups -OCH3 is 1. The van der Waals surface area contributed by atoms with Gasteiger partial charge in [0.15, 0.2) is 0 Å². The number of benzene rings is 1. The van der Waals surface area contributed by atoms with Crippen molar-refractivity contribution in [3.63, 3.8) is 0 Å². The molecule has 2 rings (SSSR count). The zero-order valence-electron chi connectivity index (χ0n) is 11.4. The summed E-state index contributed by atoms with van der Waals surface area (Å²) in [7, 11) is 1.65. The van der Waals surface area contributed by atoms with E-state index in [0.717, 1.165) is 42.3 Å². The minimum absolute atomic E-state index is 0.285. The third-order valence-corrected chi connectivity index (χ3v) is 4.18. The van der Waals surface area contributed by atoms with Gasteiger partial charge in [0, 0.05) is 24.2 Å². The molecule has 0 aromatic heterocycles. The molecule has 1 aliphatic heterocycles. The van der Waals surface area contributed by atoms with E-state index in [4.69, 9.17) is 21.4 Å². The van der Waals surface area contributed by atoms with E-state index in [0.29, 0.717) is 6.04 Å². The first kappa shape index (κ1) is 14.6. The molecule has 106 valence electrons. The second-order valence-electron chi connectivity index (χ2n) is 5.09. The van der Waals surface area contributed by atoms with Crippen LogP contribution in [-0.2, 0) is 6.54 Å². The largest absolute Gasteiger partial charge is 0.497 e. The molecule has 1 atom stereocenters. The Morgan fingerprint density at radius 1 is 1.47 bits per heavy atom. The van der Waals surface area contributed by atoms with E-state index in [-0.39, 0.29) is 6.61 Å². The van der Waals surface area contributed by atoms with Crippen LogP contribution in [0.25, 0.3) is 0 Å². The first-order valence-electron chi connectivity index (χ1n) is 6.92.